The molecular weight excluding hydrogens is 437 g/mol. The smallest absolute Gasteiger partial charge is 0.291 e. The Bertz CT molecular complexity index is 1220. The molecule has 4 rings (SSSR count). The first-order chi connectivity index (χ1) is 15.0. The summed E-state index contributed by atoms with van der Waals surface area (Å²) in [6.45, 7) is 2.65. The lowest BCUT2D eigenvalue weighted by Crippen LogP contribution is -2.10. The third-order valence-corrected chi connectivity index (χ3v) is 5.18. The second-order valence-corrected chi connectivity index (χ2v) is 7.82. The summed E-state index contributed by atoms with van der Waals surface area (Å²) in [5, 5.41) is 8.40. The lowest BCUT2D eigenvalue weighted by molar-refractivity contribution is 0.0992. The quantitative estimate of drug-likeness (QED) is 0.372. The van der Waals surface area contributed by atoms with Gasteiger partial charge in [0.05, 0.1) is 18.4 Å². The van der Waals surface area contributed by atoms with Crippen LogP contribution >= 0.6 is 23.2 Å². The predicted molar refractivity (Wildman–Crippen MR) is 120 cm³/mol. The van der Waals surface area contributed by atoms with E-state index >= 15 is 0 Å². The van der Waals surface area contributed by atoms with Crippen LogP contribution in [0.5, 0.6) is 5.75 Å². The van der Waals surface area contributed by atoms with Crippen molar-refractivity contribution in [3.05, 3.63) is 99.7 Å². The Labute approximate surface area is 189 Å². The number of furan rings is 1. The number of hydrogen-bond acceptors (Lipinski definition) is 4. The summed E-state index contributed by atoms with van der Waals surface area (Å²) in [4.78, 5) is 12.5. The van der Waals surface area contributed by atoms with Gasteiger partial charge in [0.2, 0.25) is 0 Å². The summed E-state index contributed by atoms with van der Waals surface area (Å²) in [5.74, 6) is 1.04. The van der Waals surface area contributed by atoms with Crippen LogP contribution in [0.25, 0.3) is 0 Å². The molecule has 6 nitrogen and oxygen atoms in total. The number of rotatable bonds is 7. The minimum absolute atomic E-state index is 0.188. The van der Waals surface area contributed by atoms with Gasteiger partial charge in [-0.05, 0) is 60.5 Å². The lowest BCUT2D eigenvalue weighted by atomic mass is 10.2. The summed E-state index contributed by atoms with van der Waals surface area (Å²) < 4.78 is 13.0. The Morgan fingerprint density at radius 1 is 1.16 bits per heavy atom. The molecule has 0 unspecified atom stereocenters. The van der Waals surface area contributed by atoms with Crippen molar-refractivity contribution in [2.24, 2.45) is 0 Å². The highest BCUT2D eigenvalue weighted by Crippen LogP contribution is 2.22. The van der Waals surface area contributed by atoms with Crippen molar-refractivity contribution in [2.75, 3.05) is 5.32 Å². The van der Waals surface area contributed by atoms with Gasteiger partial charge in [0.1, 0.15) is 18.1 Å². The SMILES string of the molecule is Cc1cc(OCc2ccc(C(=O)Nc3cnn(Cc4cccc(Cl)c4)c3)o2)ccc1Cl. The van der Waals surface area contributed by atoms with Crippen molar-refractivity contribution >= 4 is 34.8 Å². The van der Waals surface area contributed by atoms with Crippen LogP contribution in [0.4, 0.5) is 5.69 Å². The van der Waals surface area contributed by atoms with Gasteiger partial charge < -0.3 is 14.5 Å². The Morgan fingerprint density at radius 2 is 2.03 bits per heavy atom. The normalized spacial score (nSPS) is 10.8. The Balaban J connectivity index is 1.33. The number of nitrogens with one attached hydrogen (secondary N) is 1. The van der Waals surface area contributed by atoms with Crippen LogP contribution in [-0.4, -0.2) is 15.7 Å². The average Bonchev–Trinajstić information content (AvgIpc) is 3.38. The number of benzene rings is 2. The van der Waals surface area contributed by atoms with E-state index in [9.17, 15) is 4.79 Å². The molecule has 158 valence electrons. The van der Waals surface area contributed by atoms with Gasteiger partial charge in [-0.25, -0.2) is 0 Å². The summed E-state index contributed by atoms with van der Waals surface area (Å²) in [5.41, 5.74) is 2.51. The fourth-order valence-corrected chi connectivity index (χ4v) is 3.30. The van der Waals surface area contributed by atoms with E-state index in [0.717, 1.165) is 11.1 Å². The maximum atomic E-state index is 12.5. The predicted octanol–water partition coefficient (Wildman–Crippen LogP) is 5.97. The molecule has 31 heavy (non-hydrogen) atoms. The van der Waals surface area contributed by atoms with E-state index in [0.29, 0.717) is 33.8 Å². The standard InChI is InChI=1S/C23H19Cl2N3O3/c1-15-9-19(5-7-21(15)25)30-14-20-6-8-22(31-20)23(29)27-18-11-26-28(13-18)12-16-3-2-4-17(24)10-16/h2-11,13H,12,14H2,1H3,(H,27,29). The van der Waals surface area contributed by atoms with Crippen LogP contribution in [0, 0.1) is 6.92 Å². The largest absolute Gasteiger partial charge is 0.486 e. The number of amides is 1. The van der Waals surface area contributed by atoms with E-state index in [1.165, 1.54) is 0 Å². The monoisotopic (exact) mass is 455 g/mol. The number of carbonyl (C=O) groups is 1. The molecule has 0 bridgehead atoms. The molecular formula is C23H19Cl2N3O3. The van der Waals surface area contributed by atoms with E-state index < -0.39 is 0 Å². The van der Waals surface area contributed by atoms with Gasteiger partial charge in [0, 0.05) is 16.2 Å². The number of nitrogens with zero attached hydrogens (tertiary/aromatic N) is 2. The molecule has 0 aliphatic carbocycles. The third-order valence-electron chi connectivity index (χ3n) is 4.52. The fourth-order valence-electron chi connectivity index (χ4n) is 2.97. The zero-order chi connectivity index (χ0) is 21.8. The molecule has 2 aromatic heterocycles. The highest BCUT2D eigenvalue weighted by Gasteiger charge is 2.13. The van der Waals surface area contributed by atoms with Crippen molar-refractivity contribution in [3.8, 4) is 5.75 Å². The van der Waals surface area contributed by atoms with E-state index in [1.54, 1.807) is 41.3 Å². The molecule has 2 heterocycles. The number of carbonyl (C=O) groups excluding carboxylic acids is 1. The Morgan fingerprint density at radius 3 is 2.84 bits per heavy atom. The van der Waals surface area contributed by atoms with Crippen molar-refractivity contribution < 1.29 is 13.9 Å². The van der Waals surface area contributed by atoms with Gasteiger partial charge in [0.25, 0.3) is 5.91 Å². The van der Waals surface area contributed by atoms with Crippen molar-refractivity contribution in [1.29, 1.82) is 0 Å². The number of aryl methyl sites for hydroxylation is 1. The maximum absolute atomic E-state index is 12.5. The van der Waals surface area contributed by atoms with Crippen molar-refractivity contribution in [2.45, 2.75) is 20.1 Å². The maximum Gasteiger partial charge on any atom is 0.291 e. The van der Waals surface area contributed by atoms with Gasteiger partial charge in [-0.15, -0.1) is 0 Å². The summed E-state index contributed by atoms with van der Waals surface area (Å²) in [7, 11) is 0. The summed E-state index contributed by atoms with van der Waals surface area (Å²) in [6.07, 6.45) is 3.33. The van der Waals surface area contributed by atoms with Crippen molar-refractivity contribution in [3.63, 3.8) is 0 Å². The van der Waals surface area contributed by atoms with Gasteiger partial charge in [0.15, 0.2) is 5.76 Å². The number of aromatic nitrogens is 2. The topological polar surface area (TPSA) is 69.3 Å². The van der Waals surface area contributed by atoms with Gasteiger partial charge in [-0.3, -0.25) is 9.48 Å². The second-order valence-electron chi connectivity index (χ2n) is 6.98. The minimum Gasteiger partial charge on any atom is -0.486 e. The van der Waals surface area contributed by atoms with E-state index in [1.807, 2.05) is 37.3 Å². The number of hydrogen-bond donors (Lipinski definition) is 1. The zero-order valence-corrected chi connectivity index (χ0v) is 18.2. The highest BCUT2D eigenvalue weighted by molar-refractivity contribution is 6.31. The van der Waals surface area contributed by atoms with Gasteiger partial charge in [-0.1, -0.05) is 35.3 Å². The Hall–Kier alpha value is -3.22. The highest BCUT2D eigenvalue weighted by atomic mass is 35.5. The molecule has 0 atom stereocenters. The zero-order valence-electron chi connectivity index (χ0n) is 16.6. The van der Waals surface area contributed by atoms with Crippen LogP contribution < -0.4 is 10.1 Å². The lowest BCUT2D eigenvalue weighted by Gasteiger charge is -2.06. The third kappa shape index (κ3) is 5.48. The van der Waals surface area contributed by atoms with Crippen LogP contribution in [0.1, 0.15) is 27.4 Å². The number of halogens is 2. The van der Waals surface area contributed by atoms with Crippen LogP contribution in [0.2, 0.25) is 10.0 Å². The molecule has 0 radical (unpaired) electrons. The summed E-state index contributed by atoms with van der Waals surface area (Å²) in [6, 6.07) is 16.3. The molecule has 0 saturated carbocycles. The fraction of sp³-hybridized carbons (Fsp3) is 0.130. The average molecular weight is 456 g/mol. The Kier molecular flexibility index (Phi) is 6.30. The van der Waals surface area contributed by atoms with Gasteiger partial charge >= 0.3 is 0 Å². The molecule has 0 saturated heterocycles. The van der Waals surface area contributed by atoms with E-state index in [-0.39, 0.29) is 18.3 Å². The van der Waals surface area contributed by atoms with E-state index in [2.05, 4.69) is 10.4 Å². The number of ether oxygens (including phenoxy) is 1. The molecule has 0 spiro atoms. The minimum atomic E-state index is -0.365. The summed E-state index contributed by atoms with van der Waals surface area (Å²) >= 11 is 12.0. The molecule has 0 aliphatic heterocycles. The first-order valence-electron chi connectivity index (χ1n) is 9.52. The van der Waals surface area contributed by atoms with Gasteiger partial charge in [-0.2, -0.15) is 5.10 Å². The first-order valence-corrected chi connectivity index (χ1v) is 10.3. The molecule has 4 aromatic rings. The molecule has 1 N–H and O–H groups in total. The number of anilines is 1. The molecule has 0 aliphatic rings. The molecule has 0 fully saturated rings. The van der Waals surface area contributed by atoms with Crippen molar-refractivity contribution in [1.82, 2.24) is 9.78 Å². The molecule has 2 aromatic carbocycles. The first kappa shape index (κ1) is 21.0. The van der Waals surface area contributed by atoms with Crippen LogP contribution in [0.15, 0.2) is 71.4 Å². The van der Waals surface area contributed by atoms with Crippen LogP contribution in [-0.2, 0) is 13.2 Å². The van der Waals surface area contributed by atoms with E-state index in [4.69, 9.17) is 32.4 Å². The second kappa shape index (κ2) is 9.29. The van der Waals surface area contributed by atoms with Crippen LogP contribution in [0.3, 0.4) is 0 Å². The molecule has 8 heteroatoms. The molecule has 1 amide bonds.